The molecule has 4 aromatic rings. The number of carbonyl (C=O) groups is 1. The predicted molar refractivity (Wildman–Crippen MR) is 140 cm³/mol. The molecule has 0 atom stereocenters. The van der Waals surface area contributed by atoms with Gasteiger partial charge < -0.3 is 20.7 Å². The number of benzene rings is 1. The molecule has 0 bridgehead atoms. The number of rotatable bonds is 8. The number of hydrogen-bond donors (Lipinski definition) is 3. The standard InChI is InChI=1S/C26H30N8O2/c1-16-7-8-18(25(35)31-19-9-10-28-21(13-19)26(3,4)36-6)12-20(16)32-24-11-17(2)33-34(24)23-14-22(27-5)29-15-30-23/h7-15,32H,1-6H3,(H,27,29,30)(H,28,31,35). The highest BCUT2D eigenvalue weighted by Crippen LogP contribution is 2.27. The van der Waals surface area contributed by atoms with Crippen LogP contribution in [0.3, 0.4) is 0 Å². The maximum atomic E-state index is 13.1. The van der Waals surface area contributed by atoms with Gasteiger partial charge in [-0.1, -0.05) is 6.07 Å². The summed E-state index contributed by atoms with van der Waals surface area (Å²) in [5, 5.41) is 13.9. The topological polar surface area (TPSA) is 119 Å². The van der Waals surface area contributed by atoms with Crippen LogP contribution in [-0.2, 0) is 10.3 Å². The second-order valence-corrected chi connectivity index (χ2v) is 8.85. The fourth-order valence-corrected chi connectivity index (χ4v) is 3.54. The minimum Gasteiger partial charge on any atom is -0.373 e. The van der Waals surface area contributed by atoms with Gasteiger partial charge in [-0.15, -0.1) is 0 Å². The predicted octanol–water partition coefficient (Wildman–Crippen LogP) is 4.59. The minimum absolute atomic E-state index is 0.232. The lowest BCUT2D eigenvalue weighted by Gasteiger charge is -2.22. The van der Waals surface area contributed by atoms with E-state index in [1.807, 2.05) is 58.0 Å². The van der Waals surface area contributed by atoms with Gasteiger partial charge in [0.2, 0.25) is 0 Å². The van der Waals surface area contributed by atoms with E-state index in [0.717, 1.165) is 28.5 Å². The SMILES string of the molecule is CNc1cc(-n2nc(C)cc2Nc2cc(C(=O)Nc3ccnc(C(C)(C)OC)c3)ccc2C)ncn1. The average Bonchev–Trinajstić information content (AvgIpc) is 3.25. The molecule has 3 aromatic heterocycles. The van der Waals surface area contributed by atoms with Gasteiger partial charge in [0, 0.05) is 49.4 Å². The van der Waals surface area contributed by atoms with Crippen molar-refractivity contribution in [1.29, 1.82) is 0 Å². The van der Waals surface area contributed by atoms with E-state index in [9.17, 15) is 4.79 Å². The van der Waals surface area contributed by atoms with Crippen LogP contribution in [0.25, 0.3) is 5.82 Å². The maximum absolute atomic E-state index is 13.1. The molecule has 1 aromatic carbocycles. The number of aromatic nitrogens is 5. The first kappa shape index (κ1) is 24.8. The van der Waals surface area contributed by atoms with Crippen molar-refractivity contribution in [2.24, 2.45) is 0 Å². The van der Waals surface area contributed by atoms with Crippen molar-refractivity contribution < 1.29 is 9.53 Å². The first-order valence-corrected chi connectivity index (χ1v) is 11.5. The molecule has 0 saturated heterocycles. The van der Waals surface area contributed by atoms with Gasteiger partial charge >= 0.3 is 0 Å². The average molecular weight is 487 g/mol. The third-order valence-electron chi connectivity index (χ3n) is 5.86. The Labute approximate surface area is 210 Å². The van der Waals surface area contributed by atoms with Crippen molar-refractivity contribution >= 4 is 28.9 Å². The second-order valence-electron chi connectivity index (χ2n) is 8.85. The van der Waals surface area contributed by atoms with Crippen molar-refractivity contribution in [3.63, 3.8) is 0 Å². The monoisotopic (exact) mass is 486 g/mol. The van der Waals surface area contributed by atoms with E-state index in [4.69, 9.17) is 4.74 Å². The van der Waals surface area contributed by atoms with Crippen LogP contribution >= 0.6 is 0 Å². The molecule has 10 nitrogen and oxygen atoms in total. The molecule has 3 N–H and O–H groups in total. The summed E-state index contributed by atoms with van der Waals surface area (Å²) >= 11 is 0. The lowest BCUT2D eigenvalue weighted by atomic mass is 10.0. The van der Waals surface area contributed by atoms with Crippen molar-refractivity contribution in [3.05, 3.63) is 77.5 Å². The van der Waals surface area contributed by atoms with Crippen molar-refractivity contribution in [3.8, 4) is 5.82 Å². The maximum Gasteiger partial charge on any atom is 0.255 e. The smallest absolute Gasteiger partial charge is 0.255 e. The molecule has 0 radical (unpaired) electrons. The molecule has 186 valence electrons. The molecule has 0 unspecified atom stereocenters. The van der Waals surface area contributed by atoms with Gasteiger partial charge in [-0.05, 0) is 57.5 Å². The Balaban J connectivity index is 1.59. The van der Waals surface area contributed by atoms with Gasteiger partial charge in [0.1, 0.15) is 23.6 Å². The van der Waals surface area contributed by atoms with Gasteiger partial charge in [0.05, 0.1) is 11.4 Å². The minimum atomic E-state index is -0.569. The Morgan fingerprint density at radius 2 is 1.83 bits per heavy atom. The fraction of sp³-hybridized carbons (Fsp3) is 0.269. The van der Waals surface area contributed by atoms with E-state index in [-0.39, 0.29) is 5.91 Å². The Kier molecular flexibility index (Phi) is 6.98. The summed E-state index contributed by atoms with van der Waals surface area (Å²) in [6, 6.07) is 12.8. The lowest BCUT2D eigenvalue weighted by Crippen LogP contribution is -2.21. The van der Waals surface area contributed by atoms with Crippen LogP contribution in [0.1, 0.15) is 41.2 Å². The summed E-state index contributed by atoms with van der Waals surface area (Å²) in [6.45, 7) is 7.73. The highest BCUT2D eigenvalue weighted by Gasteiger charge is 2.22. The number of ether oxygens (including phenoxy) is 1. The summed E-state index contributed by atoms with van der Waals surface area (Å²) in [7, 11) is 3.43. The number of hydrogen-bond acceptors (Lipinski definition) is 8. The van der Waals surface area contributed by atoms with E-state index in [1.165, 1.54) is 6.33 Å². The molecule has 0 saturated carbocycles. The first-order chi connectivity index (χ1) is 17.2. The first-order valence-electron chi connectivity index (χ1n) is 11.5. The molecular formula is C26H30N8O2. The summed E-state index contributed by atoms with van der Waals surface area (Å²) in [4.78, 5) is 26.0. The van der Waals surface area contributed by atoms with Gasteiger partial charge in [0.15, 0.2) is 5.82 Å². The fourth-order valence-electron chi connectivity index (χ4n) is 3.54. The van der Waals surface area contributed by atoms with Gasteiger partial charge in [0.25, 0.3) is 5.91 Å². The molecule has 4 rings (SSSR count). The zero-order valence-corrected chi connectivity index (χ0v) is 21.2. The van der Waals surface area contributed by atoms with Crippen molar-refractivity contribution in [1.82, 2.24) is 24.7 Å². The number of carbonyl (C=O) groups excluding carboxylic acids is 1. The number of aryl methyl sites for hydroxylation is 2. The van der Waals surface area contributed by atoms with Crippen LogP contribution in [0.5, 0.6) is 0 Å². The van der Waals surface area contributed by atoms with Gasteiger partial charge in [-0.3, -0.25) is 9.78 Å². The number of nitrogens with zero attached hydrogens (tertiary/aromatic N) is 5. The van der Waals surface area contributed by atoms with E-state index in [0.29, 0.717) is 22.9 Å². The zero-order chi connectivity index (χ0) is 25.9. The van der Waals surface area contributed by atoms with Crippen LogP contribution in [0.2, 0.25) is 0 Å². The van der Waals surface area contributed by atoms with Crippen molar-refractivity contribution in [2.75, 3.05) is 30.1 Å². The largest absolute Gasteiger partial charge is 0.373 e. The molecular weight excluding hydrogens is 456 g/mol. The molecule has 0 fully saturated rings. The molecule has 10 heteroatoms. The third kappa shape index (κ3) is 5.33. The Hall–Kier alpha value is -4.31. The summed E-state index contributed by atoms with van der Waals surface area (Å²) in [5.74, 6) is 1.78. The highest BCUT2D eigenvalue weighted by atomic mass is 16.5. The number of methoxy groups -OCH3 is 1. The quantitative estimate of drug-likeness (QED) is 0.331. The number of anilines is 4. The van der Waals surface area contributed by atoms with E-state index < -0.39 is 5.60 Å². The Morgan fingerprint density at radius 3 is 2.58 bits per heavy atom. The normalized spacial score (nSPS) is 11.3. The lowest BCUT2D eigenvalue weighted by molar-refractivity contribution is 0.0155. The molecule has 0 aliphatic heterocycles. The Morgan fingerprint density at radius 1 is 1.03 bits per heavy atom. The summed E-state index contributed by atoms with van der Waals surface area (Å²) < 4.78 is 7.22. The molecule has 1 amide bonds. The van der Waals surface area contributed by atoms with Gasteiger partial charge in [-0.2, -0.15) is 9.78 Å². The highest BCUT2D eigenvalue weighted by molar-refractivity contribution is 6.05. The van der Waals surface area contributed by atoms with Gasteiger partial charge in [-0.25, -0.2) is 9.97 Å². The Bertz CT molecular complexity index is 1400. The van der Waals surface area contributed by atoms with E-state index >= 15 is 0 Å². The second kappa shape index (κ2) is 10.1. The zero-order valence-electron chi connectivity index (χ0n) is 21.2. The molecule has 3 heterocycles. The number of amides is 1. The molecule has 0 aliphatic carbocycles. The van der Waals surface area contributed by atoms with E-state index in [2.05, 4.69) is 36.0 Å². The molecule has 36 heavy (non-hydrogen) atoms. The number of nitrogens with one attached hydrogen (secondary N) is 3. The van der Waals surface area contributed by atoms with Crippen molar-refractivity contribution in [2.45, 2.75) is 33.3 Å². The third-order valence-corrected chi connectivity index (χ3v) is 5.86. The van der Waals surface area contributed by atoms with E-state index in [1.54, 1.807) is 37.2 Å². The summed E-state index contributed by atoms with van der Waals surface area (Å²) in [6.07, 6.45) is 3.14. The van der Waals surface area contributed by atoms with Crippen LogP contribution in [0.4, 0.5) is 23.0 Å². The van der Waals surface area contributed by atoms with Crippen LogP contribution in [0.15, 0.2) is 55.0 Å². The molecule has 0 aliphatic rings. The summed E-state index contributed by atoms with van der Waals surface area (Å²) in [5.41, 5.74) is 3.88. The van der Waals surface area contributed by atoms with Crippen LogP contribution < -0.4 is 16.0 Å². The number of pyridine rings is 1. The molecule has 0 spiro atoms. The van der Waals surface area contributed by atoms with Crippen LogP contribution in [-0.4, -0.2) is 44.8 Å². The van der Waals surface area contributed by atoms with Crippen LogP contribution in [0, 0.1) is 13.8 Å².